The summed E-state index contributed by atoms with van der Waals surface area (Å²) in [7, 11) is 0. The molecule has 0 amide bonds. The van der Waals surface area contributed by atoms with Crippen molar-refractivity contribution >= 4 is 28.3 Å². The van der Waals surface area contributed by atoms with Crippen LogP contribution >= 0.6 is 11.6 Å². The van der Waals surface area contributed by atoms with E-state index in [1.54, 1.807) is 6.07 Å². The van der Waals surface area contributed by atoms with Gasteiger partial charge in [-0.25, -0.2) is 4.98 Å². The second-order valence-corrected chi connectivity index (χ2v) is 11.0. The number of aromatic nitrogens is 2. The third kappa shape index (κ3) is 4.98. The number of anilines is 1. The number of nitrogens with one attached hydrogen (secondary N) is 1. The quantitative estimate of drug-likeness (QED) is 0.342. The van der Waals surface area contributed by atoms with Gasteiger partial charge in [0.05, 0.1) is 29.4 Å². The molecule has 9 nitrogen and oxygen atoms in total. The topological polar surface area (TPSA) is 113 Å². The highest BCUT2D eigenvalue weighted by atomic mass is 35.5. The Kier molecular flexibility index (Phi) is 6.93. The summed E-state index contributed by atoms with van der Waals surface area (Å²) < 4.78 is 23.6. The zero-order chi connectivity index (χ0) is 27.9. The van der Waals surface area contributed by atoms with Crippen LogP contribution in [-0.4, -0.2) is 71.9 Å². The summed E-state index contributed by atoms with van der Waals surface area (Å²) in [6.07, 6.45) is 0.179. The Hall–Kier alpha value is -3.81. The summed E-state index contributed by atoms with van der Waals surface area (Å²) in [5.74, 6) is 1.21. The highest BCUT2D eigenvalue weighted by molar-refractivity contribution is 6.33. The van der Waals surface area contributed by atoms with Crippen molar-refractivity contribution in [1.29, 1.82) is 5.26 Å². The summed E-state index contributed by atoms with van der Waals surface area (Å²) in [6.45, 7) is 2.29. The SMILES string of the molecule is N#Cc1c(O[C@@H]2CO[C@H]3[C@@H]2OC[C@H]3O)[nH]c2cc(Cl)c(-c3ccc(N4CCC(Oc5ccccc5)CC4)cc3)nc12. The van der Waals surface area contributed by atoms with Gasteiger partial charge in [0.1, 0.15) is 47.3 Å². The van der Waals surface area contributed by atoms with Gasteiger partial charge >= 0.3 is 0 Å². The number of para-hydroxylation sites is 1. The average Bonchev–Trinajstić information content (AvgIpc) is 3.68. The molecule has 4 aromatic rings. The number of aliphatic hydroxyl groups excluding tert-OH is 1. The Balaban J connectivity index is 1.07. The Labute approximate surface area is 242 Å². The van der Waals surface area contributed by atoms with Crippen LogP contribution in [0.4, 0.5) is 5.69 Å². The third-order valence-electron chi connectivity index (χ3n) is 8.04. The average molecular weight is 573 g/mol. The normalized spacial score (nSPS) is 24.4. The first-order valence-electron chi connectivity index (χ1n) is 13.8. The molecule has 0 unspecified atom stereocenters. The number of rotatable bonds is 6. The fourth-order valence-electron chi connectivity index (χ4n) is 5.91. The Morgan fingerprint density at radius 3 is 2.51 bits per heavy atom. The molecule has 210 valence electrons. The molecule has 2 aromatic carbocycles. The molecular formula is C31H29ClN4O5. The number of halogens is 1. The van der Waals surface area contributed by atoms with Crippen LogP contribution in [0.25, 0.3) is 22.3 Å². The number of nitrogens with zero attached hydrogens (tertiary/aromatic N) is 3. The first-order chi connectivity index (χ1) is 20.1. The zero-order valence-corrected chi connectivity index (χ0v) is 23.0. The molecule has 7 rings (SSSR count). The molecule has 3 aliphatic heterocycles. The first-order valence-corrected chi connectivity index (χ1v) is 14.2. The smallest absolute Gasteiger partial charge is 0.212 e. The van der Waals surface area contributed by atoms with Crippen LogP contribution < -0.4 is 14.4 Å². The number of ether oxygens (including phenoxy) is 4. The minimum atomic E-state index is -0.679. The molecule has 2 N–H and O–H groups in total. The van der Waals surface area contributed by atoms with E-state index in [1.165, 1.54) is 0 Å². The van der Waals surface area contributed by atoms with E-state index < -0.39 is 24.4 Å². The van der Waals surface area contributed by atoms with E-state index in [0.717, 1.165) is 42.9 Å². The van der Waals surface area contributed by atoms with E-state index in [1.807, 2.05) is 42.5 Å². The number of nitriles is 1. The standard InChI is InChI=1S/C31H29ClN4O5/c32-23-14-24-28(22(15-33)31(34-24)41-26-17-39-29-25(37)16-38-30(26)29)35-27(23)18-6-8-19(9-7-18)36-12-10-21(11-13-36)40-20-4-2-1-3-5-20/h1-9,14,21,25-26,29-30,34,37H,10-13,16-17H2/t25-,26-,29-,30-/m1/s1. The lowest BCUT2D eigenvalue weighted by Crippen LogP contribution is -2.38. The number of hydrogen-bond acceptors (Lipinski definition) is 8. The molecule has 5 heterocycles. The summed E-state index contributed by atoms with van der Waals surface area (Å²) in [5.41, 5.74) is 3.96. The van der Waals surface area contributed by atoms with E-state index in [9.17, 15) is 10.4 Å². The van der Waals surface area contributed by atoms with E-state index in [0.29, 0.717) is 21.7 Å². The maximum Gasteiger partial charge on any atom is 0.212 e. The van der Waals surface area contributed by atoms with Crippen molar-refractivity contribution in [2.75, 3.05) is 31.2 Å². The minimum absolute atomic E-state index is 0.202. The van der Waals surface area contributed by atoms with Gasteiger partial charge in [0.15, 0.2) is 6.10 Å². The molecule has 0 radical (unpaired) electrons. The largest absolute Gasteiger partial charge is 0.490 e. The highest BCUT2D eigenvalue weighted by Gasteiger charge is 2.48. The molecule has 2 aromatic heterocycles. The van der Waals surface area contributed by atoms with Gasteiger partial charge in [-0.3, -0.25) is 0 Å². The number of pyridine rings is 1. The molecule has 0 spiro atoms. The summed E-state index contributed by atoms with van der Waals surface area (Å²) in [4.78, 5) is 10.3. The van der Waals surface area contributed by atoms with Gasteiger partial charge in [0, 0.05) is 37.2 Å². The number of hydrogen-bond donors (Lipinski definition) is 2. The molecule has 3 fully saturated rings. The fourth-order valence-corrected chi connectivity index (χ4v) is 6.17. The number of fused-ring (bicyclic) bond motifs is 2. The van der Waals surface area contributed by atoms with E-state index in [2.05, 4.69) is 28.1 Å². The third-order valence-corrected chi connectivity index (χ3v) is 8.33. The second kappa shape index (κ2) is 10.9. The molecule has 4 atom stereocenters. The monoisotopic (exact) mass is 572 g/mol. The lowest BCUT2D eigenvalue weighted by Gasteiger charge is -2.33. The van der Waals surface area contributed by atoms with Crippen molar-refractivity contribution in [3.8, 4) is 29.0 Å². The van der Waals surface area contributed by atoms with Gasteiger partial charge in [0.25, 0.3) is 0 Å². The Morgan fingerprint density at radius 2 is 1.76 bits per heavy atom. The molecule has 3 saturated heterocycles. The Bertz CT molecular complexity index is 1580. The summed E-state index contributed by atoms with van der Waals surface area (Å²) >= 11 is 6.67. The van der Waals surface area contributed by atoms with Crippen molar-refractivity contribution in [2.45, 2.75) is 43.4 Å². The van der Waals surface area contributed by atoms with Crippen LogP contribution in [0.15, 0.2) is 60.7 Å². The number of benzene rings is 2. The zero-order valence-electron chi connectivity index (χ0n) is 22.2. The van der Waals surface area contributed by atoms with Crippen molar-refractivity contribution in [1.82, 2.24) is 9.97 Å². The lowest BCUT2D eigenvalue weighted by molar-refractivity contribution is 0.00789. The minimum Gasteiger partial charge on any atom is -0.490 e. The highest BCUT2D eigenvalue weighted by Crippen LogP contribution is 2.36. The fraction of sp³-hybridized carbons (Fsp3) is 0.355. The number of piperidine rings is 1. The van der Waals surface area contributed by atoms with Crippen molar-refractivity contribution in [2.24, 2.45) is 0 Å². The molecule has 41 heavy (non-hydrogen) atoms. The van der Waals surface area contributed by atoms with Gasteiger partial charge in [-0.05, 0) is 30.3 Å². The van der Waals surface area contributed by atoms with Crippen LogP contribution in [0.1, 0.15) is 18.4 Å². The number of aliphatic hydroxyl groups is 1. The van der Waals surface area contributed by atoms with Crippen LogP contribution in [0.5, 0.6) is 11.6 Å². The van der Waals surface area contributed by atoms with Gasteiger partial charge in [-0.2, -0.15) is 5.26 Å². The number of aromatic amines is 1. The molecule has 0 saturated carbocycles. The summed E-state index contributed by atoms with van der Waals surface area (Å²) in [5, 5.41) is 20.5. The second-order valence-electron chi connectivity index (χ2n) is 10.6. The van der Waals surface area contributed by atoms with Crippen LogP contribution in [0.2, 0.25) is 5.02 Å². The van der Waals surface area contributed by atoms with Gasteiger partial charge < -0.3 is 33.9 Å². The predicted octanol–water partition coefficient (Wildman–Crippen LogP) is 4.71. The Morgan fingerprint density at radius 1 is 1.00 bits per heavy atom. The lowest BCUT2D eigenvalue weighted by atomic mass is 10.1. The maximum atomic E-state index is 10.0. The molecular weight excluding hydrogens is 544 g/mol. The van der Waals surface area contributed by atoms with Gasteiger partial charge in [-0.15, -0.1) is 0 Å². The van der Waals surface area contributed by atoms with Crippen LogP contribution in [0.3, 0.4) is 0 Å². The maximum absolute atomic E-state index is 10.0. The predicted molar refractivity (Wildman–Crippen MR) is 153 cm³/mol. The van der Waals surface area contributed by atoms with Gasteiger partial charge in [0.2, 0.25) is 5.88 Å². The van der Waals surface area contributed by atoms with Gasteiger partial charge in [-0.1, -0.05) is 41.9 Å². The first kappa shape index (κ1) is 26.1. The van der Waals surface area contributed by atoms with Crippen LogP contribution in [-0.2, 0) is 9.47 Å². The van der Waals surface area contributed by atoms with Crippen LogP contribution in [0, 0.1) is 11.3 Å². The van der Waals surface area contributed by atoms with Crippen molar-refractivity contribution < 1.29 is 24.1 Å². The van der Waals surface area contributed by atoms with Crippen molar-refractivity contribution in [3.05, 3.63) is 71.2 Å². The molecule has 10 heteroatoms. The molecule has 3 aliphatic rings. The molecule has 0 bridgehead atoms. The van der Waals surface area contributed by atoms with E-state index in [-0.39, 0.29) is 30.8 Å². The summed E-state index contributed by atoms with van der Waals surface area (Å²) in [6, 6.07) is 22.1. The molecule has 0 aliphatic carbocycles. The van der Waals surface area contributed by atoms with E-state index >= 15 is 0 Å². The van der Waals surface area contributed by atoms with Crippen molar-refractivity contribution in [3.63, 3.8) is 0 Å². The van der Waals surface area contributed by atoms with E-state index in [4.69, 9.17) is 35.5 Å². The number of H-pyrrole nitrogens is 1.